The summed E-state index contributed by atoms with van der Waals surface area (Å²) in [5, 5.41) is 14.7. The molecule has 0 fully saturated rings. The number of rotatable bonds is 7. The van der Waals surface area contributed by atoms with Crippen molar-refractivity contribution in [2.75, 3.05) is 25.0 Å². The molecule has 1 aromatic carbocycles. The highest BCUT2D eigenvalue weighted by Crippen LogP contribution is 2.34. The number of nitrogens with zero attached hydrogens (tertiary/aromatic N) is 2. The van der Waals surface area contributed by atoms with E-state index in [1.807, 2.05) is 6.92 Å². The number of benzene rings is 1. The van der Waals surface area contributed by atoms with Gasteiger partial charge in [-0.3, -0.25) is 10.1 Å². The molecule has 20 heavy (non-hydrogen) atoms. The van der Waals surface area contributed by atoms with Gasteiger partial charge in [-0.2, -0.15) is 0 Å². The van der Waals surface area contributed by atoms with E-state index in [-0.39, 0.29) is 16.8 Å². The van der Waals surface area contributed by atoms with Crippen LogP contribution in [0.2, 0.25) is 10.0 Å². The Labute approximate surface area is 129 Å². The molecule has 7 heteroatoms. The van der Waals surface area contributed by atoms with Crippen molar-refractivity contribution >= 4 is 34.6 Å². The average Bonchev–Trinajstić information content (AvgIpc) is 2.39. The number of nitro groups is 1. The molecule has 0 heterocycles. The van der Waals surface area contributed by atoms with Crippen LogP contribution in [0.15, 0.2) is 12.1 Å². The molecule has 1 aromatic rings. The number of anilines is 1. The molecule has 0 amide bonds. The lowest BCUT2D eigenvalue weighted by molar-refractivity contribution is -0.384. The minimum absolute atomic E-state index is 0.0610. The Kier molecular flexibility index (Phi) is 6.52. The van der Waals surface area contributed by atoms with Gasteiger partial charge in [0.25, 0.3) is 5.69 Å². The van der Waals surface area contributed by atoms with Crippen LogP contribution < -0.4 is 5.32 Å². The van der Waals surface area contributed by atoms with Crippen LogP contribution in [0.1, 0.15) is 20.8 Å². The molecule has 1 unspecified atom stereocenters. The summed E-state index contributed by atoms with van der Waals surface area (Å²) in [6, 6.07) is 2.84. The van der Waals surface area contributed by atoms with Gasteiger partial charge in [0.15, 0.2) is 0 Å². The highest BCUT2D eigenvalue weighted by molar-refractivity contribution is 6.42. The summed E-state index contributed by atoms with van der Waals surface area (Å²) in [5.74, 6) is 0. The first kappa shape index (κ1) is 17.0. The third kappa shape index (κ3) is 4.51. The smallest absolute Gasteiger partial charge is 0.293 e. The lowest BCUT2D eigenvalue weighted by Gasteiger charge is -2.24. The van der Waals surface area contributed by atoms with Crippen LogP contribution >= 0.6 is 23.2 Å². The molecule has 0 aliphatic carbocycles. The second-order valence-electron chi connectivity index (χ2n) is 4.57. The normalized spacial score (nSPS) is 12.5. The summed E-state index contributed by atoms with van der Waals surface area (Å²) in [7, 11) is 0. The molecule has 0 radical (unpaired) electrons. The van der Waals surface area contributed by atoms with Gasteiger partial charge in [-0.1, -0.05) is 37.0 Å². The molecule has 0 spiro atoms. The van der Waals surface area contributed by atoms with E-state index in [1.54, 1.807) is 0 Å². The molecule has 0 aliphatic heterocycles. The molecule has 0 bridgehead atoms. The van der Waals surface area contributed by atoms with Gasteiger partial charge in [-0.15, -0.1) is 0 Å². The van der Waals surface area contributed by atoms with Gasteiger partial charge in [0.05, 0.1) is 15.0 Å². The molecule has 112 valence electrons. The average molecular weight is 320 g/mol. The van der Waals surface area contributed by atoms with Gasteiger partial charge in [0, 0.05) is 18.7 Å². The van der Waals surface area contributed by atoms with E-state index in [0.29, 0.717) is 10.7 Å². The lowest BCUT2D eigenvalue weighted by atomic mass is 10.2. The van der Waals surface area contributed by atoms with Crippen LogP contribution in [0.25, 0.3) is 0 Å². The van der Waals surface area contributed by atoms with Crippen LogP contribution in [-0.2, 0) is 0 Å². The molecule has 1 atom stereocenters. The van der Waals surface area contributed by atoms with Gasteiger partial charge < -0.3 is 10.2 Å². The van der Waals surface area contributed by atoms with Crippen molar-refractivity contribution in [1.82, 2.24) is 4.90 Å². The van der Waals surface area contributed by atoms with E-state index in [2.05, 4.69) is 24.1 Å². The van der Waals surface area contributed by atoms with Crippen LogP contribution in [-0.4, -0.2) is 35.5 Å². The number of nitro benzene ring substituents is 1. The van der Waals surface area contributed by atoms with Gasteiger partial charge in [-0.05, 0) is 26.1 Å². The Morgan fingerprint density at radius 3 is 2.35 bits per heavy atom. The monoisotopic (exact) mass is 319 g/mol. The van der Waals surface area contributed by atoms with Crippen molar-refractivity contribution in [3.63, 3.8) is 0 Å². The highest BCUT2D eigenvalue weighted by Gasteiger charge is 2.19. The summed E-state index contributed by atoms with van der Waals surface area (Å²) in [6.45, 7) is 8.81. The molecular weight excluding hydrogens is 301 g/mol. The first-order valence-electron chi connectivity index (χ1n) is 6.51. The first-order valence-corrected chi connectivity index (χ1v) is 7.26. The maximum absolute atomic E-state index is 11.1. The third-order valence-corrected chi connectivity index (χ3v) is 3.79. The zero-order valence-electron chi connectivity index (χ0n) is 11.8. The number of likely N-dealkylation sites (N-methyl/N-ethyl adjacent to an activating group) is 1. The van der Waals surface area contributed by atoms with Crippen LogP contribution in [0.3, 0.4) is 0 Å². The maximum atomic E-state index is 11.1. The first-order chi connectivity index (χ1) is 9.38. The van der Waals surface area contributed by atoms with E-state index >= 15 is 0 Å². The minimum atomic E-state index is -0.464. The van der Waals surface area contributed by atoms with E-state index in [0.717, 1.165) is 19.6 Å². The zero-order chi connectivity index (χ0) is 15.3. The van der Waals surface area contributed by atoms with Crippen molar-refractivity contribution in [3.8, 4) is 0 Å². The maximum Gasteiger partial charge on any atom is 0.293 e. The Morgan fingerprint density at radius 1 is 1.30 bits per heavy atom. The number of nitrogens with one attached hydrogen (secondary N) is 1. The molecule has 0 aliphatic rings. The fourth-order valence-electron chi connectivity index (χ4n) is 1.98. The van der Waals surface area contributed by atoms with E-state index in [9.17, 15) is 10.1 Å². The van der Waals surface area contributed by atoms with Gasteiger partial charge in [-0.25, -0.2) is 0 Å². The van der Waals surface area contributed by atoms with Crippen molar-refractivity contribution in [2.45, 2.75) is 26.8 Å². The summed E-state index contributed by atoms with van der Waals surface area (Å²) < 4.78 is 0. The Morgan fingerprint density at radius 2 is 1.85 bits per heavy atom. The largest absolute Gasteiger partial charge is 0.376 e. The second kappa shape index (κ2) is 7.67. The topological polar surface area (TPSA) is 58.4 Å². The lowest BCUT2D eigenvalue weighted by Crippen LogP contribution is -2.34. The molecule has 0 saturated carbocycles. The van der Waals surface area contributed by atoms with E-state index < -0.39 is 4.92 Å². The predicted molar refractivity (Wildman–Crippen MR) is 84.0 cm³/mol. The van der Waals surface area contributed by atoms with Crippen molar-refractivity contribution < 1.29 is 4.92 Å². The molecule has 0 aromatic heterocycles. The second-order valence-corrected chi connectivity index (χ2v) is 5.39. The highest BCUT2D eigenvalue weighted by atomic mass is 35.5. The van der Waals surface area contributed by atoms with Crippen LogP contribution in [0.4, 0.5) is 11.4 Å². The number of hydrogen-bond acceptors (Lipinski definition) is 4. The molecular formula is C13H19Cl2N3O2. The summed E-state index contributed by atoms with van der Waals surface area (Å²) >= 11 is 11.8. The Hall–Kier alpha value is -1.04. The summed E-state index contributed by atoms with van der Waals surface area (Å²) in [6.07, 6.45) is 0. The van der Waals surface area contributed by atoms with Gasteiger partial charge in [0.1, 0.15) is 5.69 Å². The van der Waals surface area contributed by atoms with Crippen molar-refractivity contribution in [2.24, 2.45) is 0 Å². The number of halogens is 2. The molecule has 1 rings (SSSR count). The third-order valence-electron chi connectivity index (χ3n) is 3.06. The molecule has 5 nitrogen and oxygen atoms in total. The fourth-order valence-corrected chi connectivity index (χ4v) is 2.30. The summed E-state index contributed by atoms with van der Waals surface area (Å²) in [4.78, 5) is 12.8. The standard InChI is InChI=1S/C13H19Cl2N3O2/c1-4-17(5-2)8-9(3)16-12-6-10(14)11(15)7-13(12)18(19)20/h6-7,9,16H,4-5,8H2,1-3H3. The summed E-state index contributed by atoms with van der Waals surface area (Å²) in [5.41, 5.74) is 0.329. The van der Waals surface area contributed by atoms with Crippen LogP contribution in [0, 0.1) is 10.1 Å². The van der Waals surface area contributed by atoms with Crippen molar-refractivity contribution in [1.29, 1.82) is 0 Å². The van der Waals surface area contributed by atoms with E-state index in [1.165, 1.54) is 12.1 Å². The SMILES string of the molecule is CCN(CC)CC(C)Nc1cc(Cl)c(Cl)cc1[N+](=O)[O-]. The van der Waals surface area contributed by atoms with Crippen molar-refractivity contribution in [3.05, 3.63) is 32.3 Å². The zero-order valence-corrected chi connectivity index (χ0v) is 13.3. The number of hydrogen-bond donors (Lipinski definition) is 1. The van der Waals surface area contributed by atoms with Gasteiger partial charge in [0.2, 0.25) is 0 Å². The van der Waals surface area contributed by atoms with Crippen LogP contribution in [0.5, 0.6) is 0 Å². The Balaban J connectivity index is 2.90. The minimum Gasteiger partial charge on any atom is -0.376 e. The molecule has 1 N–H and O–H groups in total. The van der Waals surface area contributed by atoms with E-state index in [4.69, 9.17) is 23.2 Å². The van der Waals surface area contributed by atoms with Gasteiger partial charge >= 0.3 is 0 Å². The molecule has 0 saturated heterocycles. The quantitative estimate of drug-likeness (QED) is 0.608. The Bertz CT molecular complexity index is 479. The fraction of sp³-hybridized carbons (Fsp3) is 0.538. The predicted octanol–water partition coefficient (Wildman–Crippen LogP) is 4.04.